The largest absolute Gasteiger partial charge is 0.326 e. The van der Waals surface area contributed by atoms with Gasteiger partial charge >= 0.3 is 0 Å². The number of imidazole rings is 1. The first-order valence-corrected chi connectivity index (χ1v) is 8.53. The van der Waals surface area contributed by atoms with Crippen molar-refractivity contribution in [2.45, 2.75) is 13.5 Å². The molecule has 0 spiro atoms. The zero-order valence-electron chi connectivity index (χ0n) is 14.3. The third kappa shape index (κ3) is 3.38. The van der Waals surface area contributed by atoms with Crippen LogP contribution < -0.4 is 0 Å². The lowest BCUT2D eigenvalue weighted by atomic mass is 10.1. The minimum absolute atomic E-state index is 0.809. The highest BCUT2D eigenvalue weighted by atomic mass is 15.1. The van der Waals surface area contributed by atoms with Crippen LogP contribution in [0.4, 0.5) is 0 Å². The quantitative estimate of drug-likeness (QED) is 0.479. The smallest absolute Gasteiger partial charge is 0.140 e. The molecular formula is C23H20N2. The van der Waals surface area contributed by atoms with Gasteiger partial charge in [-0.05, 0) is 18.6 Å². The Kier molecular flexibility index (Phi) is 4.17. The summed E-state index contributed by atoms with van der Waals surface area (Å²) in [4.78, 5) is 4.95. The van der Waals surface area contributed by atoms with Crippen molar-refractivity contribution in [3.05, 3.63) is 102 Å². The van der Waals surface area contributed by atoms with Gasteiger partial charge in [-0.2, -0.15) is 0 Å². The molecule has 25 heavy (non-hydrogen) atoms. The zero-order valence-corrected chi connectivity index (χ0v) is 14.3. The minimum Gasteiger partial charge on any atom is -0.326 e. The van der Waals surface area contributed by atoms with Crippen LogP contribution in [-0.2, 0) is 6.54 Å². The van der Waals surface area contributed by atoms with Crippen molar-refractivity contribution in [3.8, 4) is 22.6 Å². The molecule has 3 aromatic carbocycles. The Morgan fingerprint density at radius 2 is 1.44 bits per heavy atom. The summed E-state index contributed by atoms with van der Waals surface area (Å²) in [6.45, 7) is 2.93. The van der Waals surface area contributed by atoms with Gasteiger partial charge in [0.15, 0.2) is 0 Å². The lowest BCUT2D eigenvalue weighted by Gasteiger charge is -2.08. The lowest BCUT2D eigenvalue weighted by molar-refractivity contribution is 0.807. The number of hydrogen-bond donors (Lipinski definition) is 0. The van der Waals surface area contributed by atoms with Gasteiger partial charge in [0.25, 0.3) is 0 Å². The summed E-state index contributed by atoms with van der Waals surface area (Å²) >= 11 is 0. The van der Waals surface area contributed by atoms with Gasteiger partial charge in [-0.15, -0.1) is 0 Å². The SMILES string of the molecule is Cc1cccc(-c2nc(-c3ccccc3)cn2Cc2ccccc2)c1. The summed E-state index contributed by atoms with van der Waals surface area (Å²) in [6.07, 6.45) is 2.15. The number of nitrogens with zero attached hydrogens (tertiary/aromatic N) is 2. The van der Waals surface area contributed by atoms with Gasteiger partial charge in [0, 0.05) is 23.9 Å². The first-order chi connectivity index (χ1) is 12.3. The fourth-order valence-electron chi connectivity index (χ4n) is 3.08. The Morgan fingerprint density at radius 3 is 2.16 bits per heavy atom. The predicted molar refractivity (Wildman–Crippen MR) is 103 cm³/mol. The first-order valence-electron chi connectivity index (χ1n) is 8.53. The van der Waals surface area contributed by atoms with E-state index in [1.54, 1.807) is 0 Å². The maximum Gasteiger partial charge on any atom is 0.140 e. The first kappa shape index (κ1) is 15.4. The average molecular weight is 324 g/mol. The van der Waals surface area contributed by atoms with Crippen LogP contribution >= 0.6 is 0 Å². The summed E-state index contributed by atoms with van der Waals surface area (Å²) in [5.41, 5.74) is 5.82. The zero-order chi connectivity index (χ0) is 17.1. The van der Waals surface area contributed by atoms with Crippen molar-refractivity contribution >= 4 is 0 Å². The average Bonchev–Trinajstić information content (AvgIpc) is 3.07. The van der Waals surface area contributed by atoms with Gasteiger partial charge in [0.2, 0.25) is 0 Å². The molecule has 2 nitrogen and oxygen atoms in total. The molecular weight excluding hydrogens is 304 g/mol. The standard InChI is InChI=1S/C23H20N2/c1-18-9-8-14-21(15-18)23-24-22(20-12-6-3-7-13-20)17-25(23)16-19-10-4-2-5-11-19/h2-15,17H,16H2,1H3. The second kappa shape index (κ2) is 6.78. The molecule has 0 bridgehead atoms. The topological polar surface area (TPSA) is 17.8 Å². The maximum absolute atomic E-state index is 4.95. The van der Waals surface area contributed by atoms with E-state index < -0.39 is 0 Å². The van der Waals surface area contributed by atoms with E-state index in [1.807, 2.05) is 12.1 Å². The van der Waals surface area contributed by atoms with Crippen molar-refractivity contribution in [2.75, 3.05) is 0 Å². The summed E-state index contributed by atoms with van der Waals surface area (Å²) in [7, 11) is 0. The van der Waals surface area contributed by atoms with Crippen LogP contribution in [0.1, 0.15) is 11.1 Å². The maximum atomic E-state index is 4.95. The highest BCUT2D eigenvalue weighted by molar-refractivity contribution is 5.65. The van der Waals surface area contributed by atoms with Crippen LogP contribution in [-0.4, -0.2) is 9.55 Å². The Balaban J connectivity index is 1.81. The van der Waals surface area contributed by atoms with E-state index in [2.05, 4.69) is 90.5 Å². The highest BCUT2D eigenvalue weighted by Crippen LogP contribution is 2.26. The van der Waals surface area contributed by atoms with Crippen molar-refractivity contribution < 1.29 is 0 Å². The van der Waals surface area contributed by atoms with E-state index >= 15 is 0 Å². The fraction of sp³-hybridized carbons (Fsp3) is 0.0870. The van der Waals surface area contributed by atoms with E-state index in [-0.39, 0.29) is 0 Å². The molecule has 2 heteroatoms. The molecule has 1 heterocycles. The third-order valence-corrected chi connectivity index (χ3v) is 4.32. The number of rotatable bonds is 4. The third-order valence-electron chi connectivity index (χ3n) is 4.32. The van der Waals surface area contributed by atoms with E-state index in [4.69, 9.17) is 4.98 Å². The Morgan fingerprint density at radius 1 is 0.760 bits per heavy atom. The van der Waals surface area contributed by atoms with Gasteiger partial charge in [-0.3, -0.25) is 0 Å². The highest BCUT2D eigenvalue weighted by Gasteiger charge is 2.12. The summed E-state index contributed by atoms with van der Waals surface area (Å²) in [6, 6.07) is 29.4. The van der Waals surface area contributed by atoms with Crippen molar-refractivity contribution in [2.24, 2.45) is 0 Å². The number of benzene rings is 3. The van der Waals surface area contributed by atoms with E-state index in [9.17, 15) is 0 Å². The molecule has 0 aliphatic carbocycles. The van der Waals surface area contributed by atoms with Crippen LogP contribution in [0.3, 0.4) is 0 Å². The second-order valence-corrected chi connectivity index (χ2v) is 6.30. The van der Waals surface area contributed by atoms with Gasteiger partial charge in [0.1, 0.15) is 5.82 Å². The lowest BCUT2D eigenvalue weighted by Crippen LogP contribution is -2.00. The molecule has 0 unspecified atom stereocenters. The number of aryl methyl sites for hydroxylation is 1. The van der Waals surface area contributed by atoms with Crippen LogP contribution in [0, 0.1) is 6.92 Å². The van der Waals surface area contributed by atoms with Crippen LogP contribution in [0.2, 0.25) is 0 Å². The molecule has 4 rings (SSSR count). The summed E-state index contributed by atoms with van der Waals surface area (Å²) in [5, 5.41) is 0. The predicted octanol–water partition coefficient (Wildman–Crippen LogP) is 5.57. The molecule has 0 amide bonds. The van der Waals surface area contributed by atoms with Crippen LogP contribution in [0.15, 0.2) is 91.1 Å². The molecule has 0 radical (unpaired) electrons. The molecule has 1 aromatic heterocycles. The van der Waals surface area contributed by atoms with Crippen molar-refractivity contribution in [1.82, 2.24) is 9.55 Å². The van der Waals surface area contributed by atoms with E-state index in [0.29, 0.717) is 0 Å². The van der Waals surface area contributed by atoms with Crippen LogP contribution in [0.5, 0.6) is 0 Å². The Hall–Kier alpha value is -3.13. The molecule has 4 aromatic rings. The van der Waals surface area contributed by atoms with E-state index in [1.165, 1.54) is 11.1 Å². The molecule has 122 valence electrons. The van der Waals surface area contributed by atoms with Crippen molar-refractivity contribution in [1.29, 1.82) is 0 Å². The summed E-state index contributed by atoms with van der Waals surface area (Å²) < 4.78 is 2.24. The van der Waals surface area contributed by atoms with Gasteiger partial charge in [0.05, 0.1) is 5.69 Å². The molecule has 0 saturated carbocycles. The Labute approximate surface area is 148 Å². The number of hydrogen-bond acceptors (Lipinski definition) is 1. The Bertz CT molecular complexity index is 969. The molecule has 0 N–H and O–H groups in total. The number of aromatic nitrogens is 2. The van der Waals surface area contributed by atoms with Gasteiger partial charge < -0.3 is 4.57 Å². The van der Waals surface area contributed by atoms with E-state index in [0.717, 1.165) is 29.2 Å². The second-order valence-electron chi connectivity index (χ2n) is 6.30. The molecule has 0 fully saturated rings. The molecule has 0 atom stereocenters. The monoisotopic (exact) mass is 324 g/mol. The summed E-state index contributed by atoms with van der Waals surface area (Å²) in [5.74, 6) is 1.01. The normalized spacial score (nSPS) is 10.8. The molecule has 0 aliphatic rings. The van der Waals surface area contributed by atoms with Crippen molar-refractivity contribution in [3.63, 3.8) is 0 Å². The molecule has 0 aliphatic heterocycles. The van der Waals surface area contributed by atoms with Gasteiger partial charge in [-0.1, -0.05) is 84.4 Å². The van der Waals surface area contributed by atoms with Crippen LogP contribution in [0.25, 0.3) is 22.6 Å². The fourth-order valence-corrected chi connectivity index (χ4v) is 3.08. The molecule has 0 saturated heterocycles. The van der Waals surface area contributed by atoms with Gasteiger partial charge in [-0.25, -0.2) is 4.98 Å². The minimum atomic E-state index is 0.809.